The van der Waals surface area contributed by atoms with E-state index >= 15 is 0 Å². The highest BCUT2D eigenvalue weighted by Gasteiger charge is 2.01. The summed E-state index contributed by atoms with van der Waals surface area (Å²) < 4.78 is 0. The lowest BCUT2D eigenvalue weighted by Crippen LogP contribution is -2.24. The van der Waals surface area contributed by atoms with Crippen molar-refractivity contribution in [3.8, 4) is 11.1 Å². The predicted octanol–water partition coefficient (Wildman–Crippen LogP) is 2.63. The number of carbonyl (C=O) groups excluding carboxylic acids is 1. The van der Waals surface area contributed by atoms with Crippen molar-refractivity contribution >= 4 is 5.91 Å². The first-order valence-corrected chi connectivity index (χ1v) is 6.82. The minimum absolute atomic E-state index is 0.00439. The van der Waals surface area contributed by atoms with Crippen LogP contribution in [0.15, 0.2) is 48.5 Å². The van der Waals surface area contributed by atoms with Crippen molar-refractivity contribution in [3.63, 3.8) is 0 Å². The predicted molar refractivity (Wildman–Crippen MR) is 82.1 cm³/mol. The molecule has 0 spiro atoms. The lowest BCUT2D eigenvalue weighted by molar-refractivity contribution is -0.121. The lowest BCUT2D eigenvalue weighted by Gasteiger charge is -2.07. The molecule has 0 heterocycles. The second kappa shape index (κ2) is 6.87. The normalized spacial score (nSPS) is 10.3. The monoisotopic (exact) mass is 268 g/mol. The standard InChI is InChI=1S/C17H20N2O/c1-13-3-2-4-16(11-13)15-7-5-14(6-8-15)12-19-17(20)9-10-18/h2-8,11H,9-10,12,18H2,1H3,(H,19,20). The SMILES string of the molecule is Cc1cccc(-c2ccc(CNC(=O)CCN)cc2)c1. The van der Waals surface area contributed by atoms with E-state index in [4.69, 9.17) is 5.73 Å². The third kappa shape index (κ3) is 3.93. The zero-order chi connectivity index (χ0) is 14.4. The van der Waals surface area contributed by atoms with Crippen LogP contribution in [0.4, 0.5) is 0 Å². The van der Waals surface area contributed by atoms with Crippen LogP contribution in [0.3, 0.4) is 0 Å². The maximum atomic E-state index is 11.4. The molecule has 0 aliphatic rings. The molecule has 0 atom stereocenters. The fraction of sp³-hybridized carbons (Fsp3) is 0.235. The maximum absolute atomic E-state index is 11.4. The number of nitrogens with two attached hydrogens (primary N) is 1. The molecule has 0 aliphatic carbocycles. The minimum atomic E-state index is -0.00439. The van der Waals surface area contributed by atoms with Gasteiger partial charge in [0.05, 0.1) is 0 Å². The van der Waals surface area contributed by atoms with Gasteiger partial charge in [0.25, 0.3) is 0 Å². The number of nitrogens with one attached hydrogen (secondary N) is 1. The molecule has 0 unspecified atom stereocenters. The smallest absolute Gasteiger partial charge is 0.221 e. The molecule has 2 aromatic rings. The van der Waals surface area contributed by atoms with Crippen LogP contribution in [0.2, 0.25) is 0 Å². The maximum Gasteiger partial charge on any atom is 0.221 e. The quantitative estimate of drug-likeness (QED) is 0.876. The van der Waals surface area contributed by atoms with E-state index in [1.165, 1.54) is 16.7 Å². The summed E-state index contributed by atoms with van der Waals surface area (Å²) in [5.74, 6) is -0.00439. The Kier molecular flexibility index (Phi) is 4.91. The molecule has 0 fully saturated rings. The van der Waals surface area contributed by atoms with Gasteiger partial charge in [-0.2, -0.15) is 0 Å². The first kappa shape index (κ1) is 14.3. The molecule has 0 bridgehead atoms. The van der Waals surface area contributed by atoms with Gasteiger partial charge in [0, 0.05) is 19.5 Å². The molecule has 1 amide bonds. The van der Waals surface area contributed by atoms with Crippen molar-refractivity contribution in [1.82, 2.24) is 5.32 Å². The Hall–Kier alpha value is -2.13. The van der Waals surface area contributed by atoms with Crippen molar-refractivity contribution in [2.24, 2.45) is 5.73 Å². The molecule has 2 rings (SSSR count). The highest BCUT2D eigenvalue weighted by Crippen LogP contribution is 2.20. The number of hydrogen-bond donors (Lipinski definition) is 2. The number of aryl methyl sites for hydroxylation is 1. The second-order valence-electron chi connectivity index (χ2n) is 4.88. The molecule has 0 saturated heterocycles. The van der Waals surface area contributed by atoms with E-state index in [2.05, 4.69) is 48.6 Å². The van der Waals surface area contributed by atoms with Crippen LogP contribution in [-0.2, 0) is 11.3 Å². The van der Waals surface area contributed by atoms with Gasteiger partial charge < -0.3 is 11.1 Å². The Morgan fingerprint density at radius 1 is 1.10 bits per heavy atom. The summed E-state index contributed by atoms with van der Waals surface area (Å²) in [5, 5.41) is 2.85. The van der Waals surface area contributed by atoms with Crippen LogP contribution in [0.1, 0.15) is 17.5 Å². The van der Waals surface area contributed by atoms with E-state index in [1.807, 2.05) is 12.1 Å². The topological polar surface area (TPSA) is 55.1 Å². The summed E-state index contributed by atoms with van der Waals surface area (Å²) in [4.78, 5) is 11.4. The first-order chi connectivity index (χ1) is 9.69. The van der Waals surface area contributed by atoms with Crippen LogP contribution in [0.5, 0.6) is 0 Å². The average molecular weight is 268 g/mol. The summed E-state index contributed by atoms with van der Waals surface area (Å²) in [5.41, 5.74) is 10.1. The highest BCUT2D eigenvalue weighted by atomic mass is 16.1. The van der Waals surface area contributed by atoms with Gasteiger partial charge >= 0.3 is 0 Å². The van der Waals surface area contributed by atoms with Gasteiger partial charge in [0.2, 0.25) is 5.91 Å². The molecule has 2 aromatic carbocycles. The molecule has 0 aromatic heterocycles. The van der Waals surface area contributed by atoms with E-state index in [0.717, 1.165) is 5.56 Å². The molecule has 3 N–H and O–H groups in total. The van der Waals surface area contributed by atoms with Gasteiger partial charge in [0.1, 0.15) is 0 Å². The largest absolute Gasteiger partial charge is 0.352 e. The Morgan fingerprint density at radius 3 is 2.50 bits per heavy atom. The Balaban J connectivity index is 2.01. The molecule has 104 valence electrons. The number of hydrogen-bond acceptors (Lipinski definition) is 2. The second-order valence-corrected chi connectivity index (χ2v) is 4.88. The summed E-state index contributed by atoms with van der Waals surface area (Å²) >= 11 is 0. The Labute approximate surface area is 119 Å². The van der Waals surface area contributed by atoms with E-state index < -0.39 is 0 Å². The third-order valence-corrected chi connectivity index (χ3v) is 3.17. The van der Waals surface area contributed by atoms with Crippen molar-refractivity contribution in [1.29, 1.82) is 0 Å². The van der Waals surface area contributed by atoms with Gasteiger partial charge in [-0.1, -0.05) is 54.1 Å². The third-order valence-electron chi connectivity index (χ3n) is 3.17. The molecule has 0 saturated carbocycles. The number of carbonyl (C=O) groups is 1. The molecule has 3 heteroatoms. The summed E-state index contributed by atoms with van der Waals surface area (Å²) in [7, 11) is 0. The fourth-order valence-electron chi connectivity index (χ4n) is 2.06. The van der Waals surface area contributed by atoms with Gasteiger partial charge in [-0.25, -0.2) is 0 Å². The molecule has 0 aliphatic heterocycles. The van der Waals surface area contributed by atoms with E-state index in [-0.39, 0.29) is 5.91 Å². The molecule has 3 nitrogen and oxygen atoms in total. The number of rotatable bonds is 5. The Bertz CT molecular complexity index is 576. The summed E-state index contributed by atoms with van der Waals surface area (Å²) in [6, 6.07) is 16.7. The van der Waals surface area contributed by atoms with Gasteiger partial charge in [-0.15, -0.1) is 0 Å². The van der Waals surface area contributed by atoms with Crippen LogP contribution >= 0.6 is 0 Å². The van der Waals surface area contributed by atoms with E-state index in [0.29, 0.717) is 19.5 Å². The van der Waals surface area contributed by atoms with Crippen molar-refractivity contribution < 1.29 is 4.79 Å². The zero-order valence-electron chi connectivity index (χ0n) is 11.7. The molecule has 20 heavy (non-hydrogen) atoms. The number of amides is 1. The van der Waals surface area contributed by atoms with Gasteiger partial charge in [-0.3, -0.25) is 4.79 Å². The molecule has 0 radical (unpaired) electrons. The highest BCUT2D eigenvalue weighted by molar-refractivity contribution is 5.76. The van der Waals surface area contributed by atoms with Gasteiger partial charge in [0.15, 0.2) is 0 Å². The fourth-order valence-corrected chi connectivity index (χ4v) is 2.06. The zero-order valence-corrected chi connectivity index (χ0v) is 11.7. The summed E-state index contributed by atoms with van der Waals surface area (Å²) in [6.07, 6.45) is 0.376. The van der Waals surface area contributed by atoms with Crippen LogP contribution in [0, 0.1) is 6.92 Å². The number of benzene rings is 2. The first-order valence-electron chi connectivity index (χ1n) is 6.82. The van der Waals surface area contributed by atoms with Crippen molar-refractivity contribution in [3.05, 3.63) is 59.7 Å². The van der Waals surface area contributed by atoms with Crippen LogP contribution < -0.4 is 11.1 Å². The molecular weight excluding hydrogens is 248 g/mol. The van der Waals surface area contributed by atoms with Crippen molar-refractivity contribution in [2.45, 2.75) is 19.9 Å². The van der Waals surface area contributed by atoms with Crippen molar-refractivity contribution in [2.75, 3.05) is 6.54 Å². The average Bonchev–Trinajstić information content (AvgIpc) is 2.46. The van der Waals surface area contributed by atoms with Gasteiger partial charge in [-0.05, 0) is 23.6 Å². The van der Waals surface area contributed by atoms with E-state index in [9.17, 15) is 4.79 Å². The summed E-state index contributed by atoms with van der Waals surface area (Å²) in [6.45, 7) is 3.02. The lowest BCUT2D eigenvalue weighted by atomic mass is 10.0. The molecular formula is C17H20N2O. The van der Waals surface area contributed by atoms with Crippen LogP contribution in [-0.4, -0.2) is 12.5 Å². The Morgan fingerprint density at radius 2 is 1.85 bits per heavy atom. The van der Waals surface area contributed by atoms with E-state index in [1.54, 1.807) is 0 Å². The van der Waals surface area contributed by atoms with Crippen LogP contribution in [0.25, 0.3) is 11.1 Å². The minimum Gasteiger partial charge on any atom is -0.352 e.